The molecule has 0 fully saturated rings. The first kappa shape index (κ1) is 12.0. The molecule has 17 heavy (non-hydrogen) atoms. The smallest absolute Gasteiger partial charge is 0.323 e. The second-order valence-electron chi connectivity index (χ2n) is 4.16. The van der Waals surface area contributed by atoms with E-state index in [1.54, 1.807) is 0 Å². The van der Waals surface area contributed by atoms with Gasteiger partial charge < -0.3 is 14.9 Å². The molecule has 92 valence electrons. The van der Waals surface area contributed by atoms with Gasteiger partial charge in [-0.05, 0) is 12.1 Å². The van der Waals surface area contributed by atoms with E-state index in [9.17, 15) is 4.79 Å². The van der Waals surface area contributed by atoms with E-state index in [0.29, 0.717) is 6.54 Å². The highest BCUT2D eigenvalue weighted by molar-refractivity contribution is 6.30. The van der Waals surface area contributed by atoms with Gasteiger partial charge >= 0.3 is 5.97 Å². The Labute approximate surface area is 105 Å². The Morgan fingerprint density at radius 2 is 2.06 bits per heavy atom. The second-order valence-corrected chi connectivity index (χ2v) is 4.69. The van der Waals surface area contributed by atoms with Crippen molar-refractivity contribution < 1.29 is 9.90 Å². The van der Waals surface area contributed by atoms with Gasteiger partial charge in [-0.25, -0.2) is 0 Å². The Bertz CT molecular complexity index is 425. The number of benzene rings is 1. The molecule has 1 heterocycles. The average Bonchev–Trinajstić information content (AvgIpc) is 2.33. The van der Waals surface area contributed by atoms with E-state index < -0.39 is 11.3 Å². The zero-order valence-electron chi connectivity index (χ0n) is 9.64. The predicted molar refractivity (Wildman–Crippen MR) is 69.2 cm³/mol. The van der Waals surface area contributed by atoms with Crippen molar-refractivity contribution in [2.24, 2.45) is 0 Å². The van der Waals surface area contributed by atoms with Crippen LogP contribution in [0.25, 0.3) is 0 Å². The SMILES string of the molecule is CN1CCN(CC(Cl)C(=O)O)c2ccccc21. The first-order chi connectivity index (χ1) is 8.09. The van der Waals surface area contributed by atoms with Crippen molar-refractivity contribution in [1.29, 1.82) is 0 Å². The lowest BCUT2D eigenvalue weighted by molar-refractivity contribution is -0.136. The van der Waals surface area contributed by atoms with Crippen molar-refractivity contribution in [1.82, 2.24) is 0 Å². The number of rotatable bonds is 3. The average molecular weight is 255 g/mol. The number of carboxylic acid groups (broad SMARTS) is 1. The van der Waals surface area contributed by atoms with Crippen LogP contribution in [0.3, 0.4) is 0 Å². The summed E-state index contributed by atoms with van der Waals surface area (Å²) in [6.45, 7) is 2.01. The number of anilines is 2. The Hall–Kier alpha value is -1.42. The molecule has 1 aromatic rings. The number of nitrogens with zero attached hydrogens (tertiary/aromatic N) is 2. The molecule has 1 unspecified atom stereocenters. The van der Waals surface area contributed by atoms with Gasteiger partial charge in [-0.3, -0.25) is 4.79 Å². The third-order valence-corrected chi connectivity index (χ3v) is 3.31. The summed E-state index contributed by atoms with van der Waals surface area (Å²) in [6.07, 6.45) is 0. The molecule has 5 heteroatoms. The molecule has 1 atom stereocenters. The summed E-state index contributed by atoms with van der Waals surface area (Å²) >= 11 is 5.80. The van der Waals surface area contributed by atoms with Gasteiger partial charge in [-0.1, -0.05) is 12.1 Å². The van der Waals surface area contributed by atoms with Crippen LogP contribution in [0, 0.1) is 0 Å². The van der Waals surface area contributed by atoms with Crippen molar-refractivity contribution in [3.05, 3.63) is 24.3 Å². The molecule has 0 saturated heterocycles. The molecule has 1 N–H and O–H groups in total. The van der Waals surface area contributed by atoms with Crippen LogP contribution in [0.5, 0.6) is 0 Å². The molecule has 1 aromatic carbocycles. The van der Waals surface area contributed by atoms with Crippen LogP contribution in [-0.4, -0.2) is 43.1 Å². The largest absolute Gasteiger partial charge is 0.480 e. The summed E-state index contributed by atoms with van der Waals surface area (Å²) in [5.41, 5.74) is 2.17. The first-order valence-electron chi connectivity index (χ1n) is 5.51. The highest BCUT2D eigenvalue weighted by Gasteiger charge is 2.24. The zero-order chi connectivity index (χ0) is 12.4. The fourth-order valence-electron chi connectivity index (χ4n) is 2.03. The van der Waals surface area contributed by atoms with Crippen molar-refractivity contribution >= 4 is 28.9 Å². The van der Waals surface area contributed by atoms with E-state index in [1.807, 2.05) is 36.2 Å². The molecule has 0 aromatic heterocycles. The number of alkyl halides is 1. The third-order valence-electron chi connectivity index (χ3n) is 2.99. The Balaban J connectivity index is 2.21. The van der Waals surface area contributed by atoms with Crippen LogP contribution < -0.4 is 9.80 Å². The minimum absolute atomic E-state index is 0.335. The molecule has 0 saturated carbocycles. The fourth-order valence-corrected chi connectivity index (χ4v) is 2.19. The van der Waals surface area contributed by atoms with Crippen molar-refractivity contribution in [2.75, 3.05) is 36.5 Å². The summed E-state index contributed by atoms with van der Waals surface area (Å²) in [5.74, 6) is -0.969. The number of fused-ring (bicyclic) bond motifs is 1. The molecule has 1 aliphatic heterocycles. The lowest BCUT2D eigenvalue weighted by atomic mass is 10.1. The monoisotopic (exact) mass is 254 g/mol. The number of carbonyl (C=O) groups is 1. The van der Waals surface area contributed by atoms with E-state index in [4.69, 9.17) is 16.7 Å². The van der Waals surface area contributed by atoms with Gasteiger partial charge in [0.15, 0.2) is 0 Å². The van der Waals surface area contributed by atoms with Crippen molar-refractivity contribution in [3.63, 3.8) is 0 Å². The van der Waals surface area contributed by atoms with Crippen LogP contribution in [0.15, 0.2) is 24.3 Å². The van der Waals surface area contributed by atoms with Gasteiger partial charge in [0.25, 0.3) is 0 Å². The number of likely N-dealkylation sites (N-methyl/N-ethyl adjacent to an activating group) is 1. The minimum Gasteiger partial charge on any atom is -0.480 e. The summed E-state index contributed by atoms with van der Waals surface area (Å²) in [4.78, 5) is 15.0. The van der Waals surface area contributed by atoms with E-state index in [-0.39, 0.29) is 0 Å². The molecule has 0 radical (unpaired) electrons. The highest BCUT2D eigenvalue weighted by Crippen LogP contribution is 2.31. The number of para-hydroxylation sites is 2. The van der Waals surface area contributed by atoms with Crippen LogP contribution in [0.4, 0.5) is 11.4 Å². The Morgan fingerprint density at radius 3 is 2.71 bits per heavy atom. The Kier molecular flexibility index (Phi) is 3.43. The molecular weight excluding hydrogens is 240 g/mol. The van der Waals surface area contributed by atoms with Crippen LogP contribution >= 0.6 is 11.6 Å². The zero-order valence-corrected chi connectivity index (χ0v) is 10.4. The maximum atomic E-state index is 10.8. The summed E-state index contributed by atoms with van der Waals surface area (Å²) < 4.78 is 0. The van der Waals surface area contributed by atoms with Gasteiger partial charge in [0, 0.05) is 26.7 Å². The molecule has 4 nitrogen and oxygen atoms in total. The normalized spacial score (nSPS) is 16.6. The Morgan fingerprint density at radius 1 is 1.41 bits per heavy atom. The standard InChI is InChI=1S/C12H15ClN2O2/c1-14-6-7-15(8-9(13)12(16)17)11-5-3-2-4-10(11)14/h2-5,9H,6-8H2,1H3,(H,16,17). The topological polar surface area (TPSA) is 43.8 Å². The van der Waals surface area contributed by atoms with E-state index in [1.165, 1.54) is 0 Å². The van der Waals surface area contributed by atoms with E-state index in [0.717, 1.165) is 24.5 Å². The van der Waals surface area contributed by atoms with Crippen molar-refractivity contribution in [2.45, 2.75) is 5.38 Å². The molecule has 0 bridgehead atoms. The fraction of sp³-hybridized carbons (Fsp3) is 0.417. The van der Waals surface area contributed by atoms with Crippen LogP contribution in [0.2, 0.25) is 0 Å². The van der Waals surface area contributed by atoms with Gasteiger partial charge in [0.1, 0.15) is 5.38 Å². The van der Waals surface area contributed by atoms with Gasteiger partial charge in [-0.2, -0.15) is 0 Å². The molecule has 0 spiro atoms. The van der Waals surface area contributed by atoms with Crippen LogP contribution in [-0.2, 0) is 4.79 Å². The molecule has 2 rings (SSSR count). The van der Waals surface area contributed by atoms with E-state index >= 15 is 0 Å². The van der Waals surface area contributed by atoms with Crippen LogP contribution in [0.1, 0.15) is 0 Å². The third kappa shape index (κ3) is 2.47. The van der Waals surface area contributed by atoms with Gasteiger partial charge in [0.2, 0.25) is 0 Å². The molecule has 0 amide bonds. The lowest BCUT2D eigenvalue weighted by Gasteiger charge is -2.37. The number of hydrogen-bond donors (Lipinski definition) is 1. The van der Waals surface area contributed by atoms with Crippen molar-refractivity contribution in [3.8, 4) is 0 Å². The second kappa shape index (κ2) is 4.84. The molecule has 0 aliphatic carbocycles. The predicted octanol–water partition coefficient (Wildman–Crippen LogP) is 1.63. The summed E-state index contributed by atoms with van der Waals surface area (Å²) in [5, 5.41) is 7.97. The maximum absolute atomic E-state index is 10.8. The summed E-state index contributed by atoms with van der Waals surface area (Å²) in [6, 6.07) is 7.96. The highest BCUT2D eigenvalue weighted by atomic mass is 35.5. The number of halogens is 1. The van der Waals surface area contributed by atoms with E-state index in [2.05, 4.69) is 4.90 Å². The lowest BCUT2D eigenvalue weighted by Crippen LogP contribution is -2.43. The quantitative estimate of drug-likeness (QED) is 0.833. The molecular formula is C12H15ClN2O2. The first-order valence-corrected chi connectivity index (χ1v) is 5.95. The van der Waals surface area contributed by atoms with Gasteiger partial charge in [0.05, 0.1) is 11.4 Å². The number of aliphatic carboxylic acids is 1. The molecule has 1 aliphatic rings. The minimum atomic E-state index is -0.969. The number of hydrogen-bond acceptors (Lipinski definition) is 3. The maximum Gasteiger partial charge on any atom is 0.323 e. The number of carboxylic acids is 1. The summed E-state index contributed by atoms with van der Waals surface area (Å²) in [7, 11) is 2.03. The van der Waals surface area contributed by atoms with Gasteiger partial charge in [-0.15, -0.1) is 11.6 Å².